The normalized spacial score (nSPS) is 22.8. The predicted molar refractivity (Wildman–Crippen MR) is 86.6 cm³/mol. The van der Waals surface area contributed by atoms with E-state index < -0.39 is 0 Å². The highest BCUT2D eigenvalue weighted by Crippen LogP contribution is 2.29. The molecule has 2 nitrogen and oxygen atoms in total. The average Bonchev–Trinajstić information content (AvgIpc) is 2.80. The molecule has 1 aliphatic rings. The minimum absolute atomic E-state index is 0.222. The molecule has 1 aromatic heterocycles. The molecular formula is C17H27NOS. The summed E-state index contributed by atoms with van der Waals surface area (Å²) in [6.45, 7) is 6.64. The molecule has 1 amide bonds. The van der Waals surface area contributed by atoms with Gasteiger partial charge >= 0.3 is 0 Å². The highest BCUT2D eigenvalue weighted by molar-refractivity contribution is 7.14. The Morgan fingerprint density at radius 1 is 1.35 bits per heavy atom. The van der Waals surface area contributed by atoms with Crippen molar-refractivity contribution < 1.29 is 4.79 Å². The maximum absolute atomic E-state index is 12.6. The van der Waals surface area contributed by atoms with Crippen LogP contribution in [0.25, 0.3) is 0 Å². The number of carbonyl (C=O) groups is 1. The summed E-state index contributed by atoms with van der Waals surface area (Å²) in [5.41, 5.74) is 1.35. The maximum atomic E-state index is 12.6. The van der Waals surface area contributed by atoms with Crippen LogP contribution in [-0.2, 0) is 6.42 Å². The molecule has 1 aliphatic carbocycles. The van der Waals surface area contributed by atoms with Gasteiger partial charge in [-0.2, -0.15) is 0 Å². The van der Waals surface area contributed by atoms with E-state index in [-0.39, 0.29) is 5.91 Å². The largest absolute Gasteiger partial charge is 0.338 e. The molecule has 2 rings (SSSR count). The van der Waals surface area contributed by atoms with Crippen LogP contribution < -0.4 is 0 Å². The molecule has 3 heteroatoms. The summed E-state index contributed by atoms with van der Waals surface area (Å²) in [5, 5.41) is 0. The second-order valence-electron chi connectivity index (χ2n) is 6.27. The van der Waals surface area contributed by atoms with Gasteiger partial charge in [-0.05, 0) is 56.6 Å². The molecule has 0 spiro atoms. The Hall–Kier alpha value is -0.830. The van der Waals surface area contributed by atoms with Crippen molar-refractivity contribution in [2.45, 2.75) is 65.3 Å². The van der Waals surface area contributed by atoms with Crippen LogP contribution in [-0.4, -0.2) is 23.9 Å². The van der Waals surface area contributed by atoms with Gasteiger partial charge in [-0.25, -0.2) is 0 Å². The zero-order chi connectivity index (χ0) is 14.7. The van der Waals surface area contributed by atoms with Crippen molar-refractivity contribution in [3.05, 3.63) is 21.4 Å². The highest BCUT2D eigenvalue weighted by Gasteiger charge is 2.26. The fourth-order valence-corrected chi connectivity index (χ4v) is 4.17. The first-order valence-corrected chi connectivity index (χ1v) is 8.71. The van der Waals surface area contributed by atoms with Gasteiger partial charge in [-0.15, -0.1) is 11.3 Å². The zero-order valence-electron chi connectivity index (χ0n) is 13.2. The second-order valence-corrected chi connectivity index (χ2v) is 7.53. The lowest BCUT2D eigenvalue weighted by atomic mass is 9.87. The number of amides is 1. The van der Waals surface area contributed by atoms with Crippen LogP contribution in [0.15, 0.2) is 6.07 Å². The molecule has 1 aromatic rings. The van der Waals surface area contributed by atoms with E-state index in [0.29, 0.717) is 6.04 Å². The van der Waals surface area contributed by atoms with Crippen LogP contribution in [0.2, 0.25) is 0 Å². The van der Waals surface area contributed by atoms with Gasteiger partial charge < -0.3 is 4.90 Å². The fraction of sp³-hybridized carbons (Fsp3) is 0.706. The monoisotopic (exact) mass is 293 g/mol. The molecule has 0 bridgehead atoms. The first kappa shape index (κ1) is 15.6. The van der Waals surface area contributed by atoms with Crippen LogP contribution in [0, 0.1) is 12.8 Å². The lowest BCUT2D eigenvalue weighted by Crippen LogP contribution is -2.38. The van der Waals surface area contributed by atoms with Gasteiger partial charge in [0.05, 0.1) is 4.88 Å². The highest BCUT2D eigenvalue weighted by atomic mass is 32.1. The van der Waals surface area contributed by atoms with E-state index in [0.717, 1.165) is 36.5 Å². The Morgan fingerprint density at radius 2 is 2.00 bits per heavy atom. The van der Waals surface area contributed by atoms with Crippen LogP contribution in [0.5, 0.6) is 0 Å². The van der Waals surface area contributed by atoms with Crippen LogP contribution >= 0.6 is 11.3 Å². The van der Waals surface area contributed by atoms with Gasteiger partial charge in [0.1, 0.15) is 0 Å². The Balaban J connectivity index is 2.04. The van der Waals surface area contributed by atoms with Gasteiger partial charge in [0, 0.05) is 18.0 Å². The molecule has 0 atom stereocenters. The summed E-state index contributed by atoms with van der Waals surface area (Å²) in [6.07, 6.45) is 7.06. The van der Waals surface area contributed by atoms with Crippen molar-refractivity contribution in [1.82, 2.24) is 4.90 Å². The van der Waals surface area contributed by atoms with Crippen molar-refractivity contribution in [3.8, 4) is 0 Å². The molecular weight excluding hydrogens is 266 g/mol. The smallest absolute Gasteiger partial charge is 0.263 e. The van der Waals surface area contributed by atoms with E-state index in [4.69, 9.17) is 0 Å². The van der Waals surface area contributed by atoms with Crippen molar-refractivity contribution >= 4 is 17.2 Å². The molecule has 0 aliphatic heterocycles. The van der Waals surface area contributed by atoms with Crippen molar-refractivity contribution in [2.75, 3.05) is 7.05 Å². The van der Waals surface area contributed by atoms with E-state index in [1.165, 1.54) is 23.3 Å². The Bertz CT molecular complexity index is 458. The van der Waals surface area contributed by atoms with Crippen molar-refractivity contribution in [3.63, 3.8) is 0 Å². The third kappa shape index (κ3) is 3.43. The third-order valence-corrected chi connectivity index (χ3v) is 5.68. The standard InChI is InChI=1S/C17H27NOS/c1-5-6-14-11-16(20-13(14)3)17(19)18(4)15-9-7-12(2)8-10-15/h11-12,15H,5-10H2,1-4H3. The summed E-state index contributed by atoms with van der Waals surface area (Å²) in [7, 11) is 1.98. The number of aryl methyl sites for hydroxylation is 2. The SMILES string of the molecule is CCCc1cc(C(=O)N(C)C2CCC(C)CC2)sc1C. The Kier molecular flexibility index (Phi) is 5.25. The molecule has 1 fully saturated rings. The van der Waals surface area contributed by atoms with E-state index >= 15 is 0 Å². The summed E-state index contributed by atoms with van der Waals surface area (Å²) >= 11 is 1.66. The van der Waals surface area contributed by atoms with Gasteiger partial charge in [-0.1, -0.05) is 20.3 Å². The predicted octanol–water partition coefficient (Wildman–Crippen LogP) is 4.66. The average molecular weight is 293 g/mol. The van der Waals surface area contributed by atoms with E-state index in [1.54, 1.807) is 11.3 Å². The van der Waals surface area contributed by atoms with Gasteiger partial charge in [0.15, 0.2) is 0 Å². The molecule has 0 N–H and O–H groups in total. The van der Waals surface area contributed by atoms with Gasteiger partial charge in [-0.3, -0.25) is 4.79 Å². The van der Waals surface area contributed by atoms with E-state index in [2.05, 4.69) is 26.8 Å². The first-order chi connectivity index (χ1) is 9.52. The fourth-order valence-electron chi connectivity index (χ4n) is 3.11. The van der Waals surface area contributed by atoms with Crippen LogP contribution in [0.4, 0.5) is 0 Å². The summed E-state index contributed by atoms with van der Waals surface area (Å²) in [5.74, 6) is 1.05. The summed E-state index contributed by atoms with van der Waals surface area (Å²) in [4.78, 5) is 16.9. The number of rotatable bonds is 4. The summed E-state index contributed by atoms with van der Waals surface area (Å²) in [6, 6.07) is 2.56. The minimum atomic E-state index is 0.222. The molecule has 0 saturated heterocycles. The Labute approximate surface area is 127 Å². The maximum Gasteiger partial charge on any atom is 0.263 e. The molecule has 0 unspecified atom stereocenters. The molecule has 0 aromatic carbocycles. The molecule has 1 heterocycles. The van der Waals surface area contributed by atoms with Crippen molar-refractivity contribution in [1.29, 1.82) is 0 Å². The molecule has 0 radical (unpaired) electrons. The quantitative estimate of drug-likeness (QED) is 0.790. The number of nitrogens with zero attached hydrogens (tertiary/aromatic N) is 1. The molecule has 20 heavy (non-hydrogen) atoms. The van der Waals surface area contributed by atoms with Crippen molar-refractivity contribution in [2.24, 2.45) is 5.92 Å². The van der Waals surface area contributed by atoms with Gasteiger partial charge in [0.25, 0.3) is 5.91 Å². The second kappa shape index (κ2) is 6.75. The lowest BCUT2D eigenvalue weighted by Gasteiger charge is -2.33. The molecule has 1 saturated carbocycles. The van der Waals surface area contributed by atoms with E-state index in [1.807, 2.05) is 11.9 Å². The zero-order valence-corrected chi connectivity index (χ0v) is 14.1. The molecule has 112 valence electrons. The van der Waals surface area contributed by atoms with E-state index in [9.17, 15) is 4.79 Å². The summed E-state index contributed by atoms with van der Waals surface area (Å²) < 4.78 is 0. The minimum Gasteiger partial charge on any atom is -0.338 e. The van der Waals surface area contributed by atoms with Gasteiger partial charge in [0.2, 0.25) is 0 Å². The number of hydrogen-bond donors (Lipinski definition) is 0. The Morgan fingerprint density at radius 3 is 2.60 bits per heavy atom. The van der Waals surface area contributed by atoms with Crippen LogP contribution in [0.3, 0.4) is 0 Å². The number of hydrogen-bond acceptors (Lipinski definition) is 2. The lowest BCUT2D eigenvalue weighted by molar-refractivity contribution is 0.0684. The third-order valence-electron chi connectivity index (χ3n) is 4.60. The number of thiophene rings is 1. The topological polar surface area (TPSA) is 20.3 Å². The number of carbonyl (C=O) groups excluding carboxylic acids is 1. The van der Waals surface area contributed by atoms with Crippen LogP contribution in [0.1, 0.15) is 66.1 Å². The first-order valence-electron chi connectivity index (χ1n) is 7.89.